The molecular weight excluding hydrogens is 370 g/mol. The summed E-state index contributed by atoms with van der Waals surface area (Å²) in [5.41, 5.74) is 0.846. The molecule has 2 aromatic rings. The van der Waals surface area contributed by atoms with Crippen LogP contribution in [0, 0.1) is 0 Å². The number of carbonyl (C=O) groups excluding carboxylic acids is 2. The van der Waals surface area contributed by atoms with E-state index in [4.69, 9.17) is 4.74 Å². The van der Waals surface area contributed by atoms with Crippen molar-refractivity contribution < 1.29 is 14.3 Å². The zero-order valence-electron chi connectivity index (χ0n) is 15.1. The molecule has 27 heavy (non-hydrogen) atoms. The van der Waals surface area contributed by atoms with E-state index in [-0.39, 0.29) is 30.7 Å². The number of nitrogens with one attached hydrogen (secondary N) is 2. The Bertz CT molecular complexity index is 746. The monoisotopic (exact) mass is 393 g/mol. The number of hydrogen-bond acceptors (Lipinski definition) is 6. The molecule has 1 aliphatic heterocycles. The number of hydrogen-bond donors (Lipinski definition) is 2. The fraction of sp³-hybridized carbons (Fsp3) is 0.444. The summed E-state index contributed by atoms with van der Waals surface area (Å²) in [6, 6.07) is 8.36. The second-order valence-electron chi connectivity index (χ2n) is 6.13. The molecule has 9 heteroatoms. The minimum absolute atomic E-state index is 0. The first-order chi connectivity index (χ1) is 12.7. The zero-order valence-corrected chi connectivity index (χ0v) is 15.9. The zero-order chi connectivity index (χ0) is 18.4. The molecule has 1 amide bonds. The van der Waals surface area contributed by atoms with Crippen LogP contribution in [0.1, 0.15) is 47.9 Å². The summed E-state index contributed by atoms with van der Waals surface area (Å²) in [7, 11) is 0. The maximum Gasteiger partial charge on any atom is 0.333 e. The lowest BCUT2D eigenvalue weighted by molar-refractivity contribution is -0.145. The van der Waals surface area contributed by atoms with Gasteiger partial charge in [0.25, 0.3) is 5.91 Å². The second kappa shape index (κ2) is 10.0. The predicted octanol–water partition coefficient (Wildman–Crippen LogP) is 1.66. The van der Waals surface area contributed by atoms with Gasteiger partial charge in [-0.2, -0.15) is 0 Å². The number of carbonyl (C=O) groups is 2. The smallest absolute Gasteiger partial charge is 0.333 e. The average molecular weight is 394 g/mol. The summed E-state index contributed by atoms with van der Waals surface area (Å²) in [6.45, 7) is 3.81. The van der Waals surface area contributed by atoms with Gasteiger partial charge in [0.1, 0.15) is 0 Å². The third-order valence-electron chi connectivity index (χ3n) is 4.36. The molecule has 0 unspecified atom stereocenters. The van der Waals surface area contributed by atoms with Crippen LogP contribution in [0.2, 0.25) is 0 Å². The van der Waals surface area contributed by atoms with Crippen LogP contribution in [0.5, 0.6) is 0 Å². The number of benzene rings is 1. The van der Waals surface area contributed by atoms with Crippen LogP contribution < -0.4 is 10.6 Å². The number of nitrogens with zero attached hydrogens (tertiary/aromatic N) is 3. The van der Waals surface area contributed by atoms with Crippen LogP contribution in [0.15, 0.2) is 36.5 Å². The molecule has 0 radical (unpaired) electrons. The molecular formula is C18H24ClN5O3. The Morgan fingerprint density at radius 3 is 2.67 bits per heavy atom. The average Bonchev–Trinajstić information content (AvgIpc) is 3.18. The van der Waals surface area contributed by atoms with Gasteiger partial charge in [-0.1, -0.05) is 35.5 Å². The lowest BCUT2D eigenvalue weighted by atomic mass is 10.1. The Morgan fingerprint density at radius 2 is 2.00 bits per heavy atom. The SMILES string of the molecule is CCOC(=O)[C@H](NC(=O)c1cn(C2CCNCC2)nn1)c1ccccc1.Cl. The highest BCUT2D eigenvalue weighted by molar-refractivity contribution is 5.95. The second-order valence-corrected chi connectivity index (χ2v) is 6.13. The molecule has 2 N–H and O–H groups in total. The van der Waals surface area contributed by atoms with E-state index in [1.807, 2.05) is 6.07 Å². The van der Waals surface area contributed by atoms with E-state index in [9.17, 15) is 9.59 Å². The fourth-order valence-corrected chi connectivity index (χ4v) is 2.98. The number of piperidine rings is 1. The molecule has 1 aliphatic rings. The molecule has 1 atom stereocenters. The lowest BCUT2D eigenvalue weighted by Crippen LogP contribution is -2.35. The molecule has 1 saturated heterocycles. The number of halogens is 1. The van der Waals surface area contributed by atoms with E-state index in [1.54, 1.807) is 42.1 Å². The van der Waals surface area contributed by atoms with E-state index >= 15 is 0 Å². The van der Waals surface area contributed by atoms with Crippen LogP contribution in [0.4, 0.5) is 0 Å². The molecule has 146 valence electrons. The summed E-state index contributed by atoms with van der Waals surface area (Å²) in [5, 5.41) is 14.1. The third-order valence-corrected chi connectivity index (χ3v) is 4.36. The van der Waals surface area contributed by atoms with Crippen molar-refractivity contribution in [2.24, 2.45) is 0 Å². The van der Waals surface area contributed by atoms with Crippen LogP contribution in [0.25, 0.3) is 0 Å². The molecule has 1 aromatic heterocycles. The van der Waals surface area contributed by atoms with Gasteiger partial charge >= 0.3 is 5.97 Å². The van der Waals surface area contributed by atoms with Gasteiger partial charge in [0.15, 0.2) is 11.7 Å². The molecule has 0 spiro atoms. The molecule has 0 bridgehead atoms. The quantitative estimate of drug-likeness (QED) is 0.724. The first kappa shape index (κ1) is 20.9. The Hall–Kier alpha value is -2.45. The highest BCUT2D eigenvalue weighted by Gasteiger charge is 2.26. The summed E-state index contributed by atoms with van der Waals surface area (Å²) in [4.78, 5) is 24.9. The van der Waals surface area contributed by atoms with Gasteiger partial charge in [-0.25, -0.2) is 9.48 Å². The van der Waals surface area contributed by atoms with Gasteiger partial charge in [-0.15, -0.1) is 17.5 Å². The Balaban J connectivity index is 0.00000261. The van der Waals surface area contributed by atoms with Gasteiger partial charge in [-0.3, -0.25) is 4.79 Å². The van der Waals surface area contributed by atoms with Crippen molar-refractivity contribution in [3.05, 3.63) is 47.8 Å². The maximum atomic E-state index is 12.6. The molecule has 0 saturated carbocycles. The van der Waals surface area contributed by atoms with E-state index in [0.29, 0.717) is 5.56 Å². The maximum absolute atomic E-state index is 12.6. The lowest BCUT2D eigenvalue weighted by Gasteiger charge is -2.22. The molecule has 1 aromatic carbocycles. The largest absolute Gasteiger partial charge is 0.464 e. The minimum Gasteiger partial charge on any atom is -0.464 e. The van der Waals surface area contributed by atoms with Crippen molar-refractivity contribution in [2.75, 3.05) is 19.7 Å². The van der Waals surface area contributed by atoms with E-state index in [1.165, 1.54) is 0 Å². The standard InChI is InChI=1S/C18H23N5O3.ClH/c1-2-26-18(25)16(13-6-4-3-5-7-13)20-17(24)15-12-23(22-21-15)14-8-10-19-11-9-14;/h3-7,12,14,16,19H,2,8-11H2,1H3,(H,20,24);1H/t16-;/m1./s1. The number of rotatable bonds is 6. The molecule has 1 fully saturated rings. The predicted molar refractivity (Wildman–Crippen MR) is 102 cm³/mol. The number of amides is 1. The molecule has 0 aliphatic carbocycles. The topological polar surface area (TPSA) is 98.1 Å². The minimum atomic E-state index is -0.882. The van der Waals surface area contributed by atoms with Crippen molar-refractivity contribution in [3.63, 3.8) is 0 Å². The molecule has 3 rings (SSSR count). The first-order valence-corrected chi connectivity index (χ1v) is 8.84. The van der Waals surface area contributed by atoms with E-state index < -0.39 is 17.9 Å². The van der Waals surface area contributed by atoms with Gasteiger partial charge in [0, 0.05) is 0 Å². The Morgan fingerprint density at radius 1 is 1.30 bits per heavy atom. The highest BCUT2D eigenvalue weighted by atomic mass is 35.5. The van der Waals surface area contributed by atoms with Crippen molar-refractivity contribution in [3.8, 4) is 0 Å². The van der Waals surface area contributed by atoms with Crippen LogP contribution in [-0.4, -0.2) is 46.6 Å². The van der Waals surface area contributed by atoms with Gasteiger partial charge in [-0.05, 0) is 38.4 Å². The van der Waals surface area contributed by atoms with Gasteiger partial charge < -0.3 is 15.4 Å². The van der Waals surface area contributed by atoms with Crippen LogP contribution in [-0.2, 0) is 9.53 Å². The van der Waals surface area contributed by atoms with Crippen LogP contribution >= 0.6 is 12.4 Å². The summed E-state index contributed by atoms with van der Waals surface area (Å²) < 4.78 is 6.83. The Kier molecular flexibility index (Phi) is 7.75. The number of esters is 1. The third kappa shape index (κ3) is 5.27. The first-order valence-electron chi connectivity index (χ1n) is 8.84. The summed E-state index contributed by atoms with van der Waals surface area (Å²) in [5.74, 6) is -0.954. The van der Waals surface area contributed by atoms with Crippen molar-refractivity contribution in [1.29, 1.82) is 0 Å². The van der Waals surface area contributed by atoms with E-state index in [0.717, 1.165) is 25.9 Å². The number of ether oxygens (including phenoxy) is 1. The number of aromatic nitrogens is 3. The normalized spacial score (nSPS) is 15.4. The van der Waals surface area contributed by atoms with Crippen LogP contribution in [0.3, 0.4) is 0 Å². The summed E-state index contributed by atoms with van der Waals surface area (Å²) in [6.07, 6.45) is 3.53. The highest BCUT2D eigenvalue weighted by Crippen LogP contribution is 2.18. The van der Waals surface area contributed by atoms with E-state index in [2.05, 4.69) is 20.9 Å². The summed E-state index contributed by atoms with van der Waals surface area (Å²) >= 11 is 0. The van der Waals surface area contributed by atoms with Crippen molar-refractivity contribution in [1.82, 2.24) is 25.6 Å². The van der Waals surface area contributed by atoms with Crippen molar-refractivity contribution in [2.45, 2.75) is 31.8 Å². The van der Waals surface area contributed by atoms with Gasteiger partial charge in [0.2, 0.25) is 0 Å². The van der Waals surface area contributed by atoms with Crippen molar-refractivity contribution >= 4 is 24.3 Å². The van der Waals surface area contributed by atoms with Gasteiger partial charge in [0.05, 0.1) is 18.8 Å². The molecule has 2 heterocycles. The molecule has 8 nitrogen and oxygen atoms in total. The fourth-order valence-electron chi connectivity index (χ4n) is 2.98. The Labute approximate surface area is 164 Å².